The average molecular weight is 367 g/mol. The molecule has 26 heavy (non-hydrogen) atoms. The summed E-state index contributed by atoms with van der Waals surface area (Å²) in [5.74, 6) is -0.0181. The van der Waals surface area contributed by atoms with Crippen LogP contribution in [-0.4, -0.2) is 32.4 Å². The van der Waals surface area contributed by atoms with Gasteiger partial charge in [0.05, 0.1) is 0 Å². The molecule has 0 fully saturated rings. The van der Waals surface area contributed by atoms with Gasteiger partial charge in [-0.2, -0.15) is 10.1 Å². The van der Waals surface area contributed by atoms with Crippen LogP contribution in [0.25, 0.3) is 11.3 Å². The fourth-order valence-electron chi connectivity index (χ4n) is 1.88. The van der Waals surface area contributed by atoms with Crippen molar-refractivity contribution < 1.29 is 22.5 Å². The van der Waals surface area contributed by atoms with Gasteiger partial charge in [-0.3, -0.25) is 5.43 Å². The molecule has 0 amide bonds. The molecule has 0 unspecified atom stereocenters. The normalized spacial score (nSPS) is 11.3. The lowest BCUT2D eigenvalue weighted by molar-refractivity contribution is -0.274. The smallest absolute Gasteiger partial charge is 0.406 e. The second-order valence-electron chi connectivity index (χ2n) is 5.20. The van der Waals surface area contributed by atoms with E-state index >= 15 is 0 Å². The van der Waals surface area contributed by atoms with Crippen LogP contribution in [0.15, 0.2) is 34.0 Å². The number of hydrogen-bond donors (Lipinski definition) is 2. The molecule has 0 aliphatic rings. The molecule has 3 aromatic rings. The number of hydrazone groups is 1. The number of benzene rings is 1. The molecule has 3 rings (SSSR count). The summed E-state index contributed by atoms with van der Waals surface area (Å²) in [5, 5.41) is 14.0. The molecule has 136 valence electrons. The van der Waals surface area contributed by atoms with Crippen molar-refractivity contribution in [2.75, 3.05) is 10.7 Å². The molecule has 0 saturated heterocycles. The fourth-order valence-corrected chi connectivity index (χ4v) is 1.88. The van der Waals surface area contributed by atoms with Gasteiger partial charge in [0.15, 0.2) is 11.6 Å². The molecule has 12 heteroatoms. The van der Waals surface area contributed by atoms with Crippen LogP contribution in [0.1, 0.15) is 13.8 Å². The van der Waals surface area contributed by atoms with E-state index in [0.717, 1.165) is 5.71 Å². The van der Waals surface area contributed by atoms with E-state index in [2.05, 4.69) is 45.5 Å². The van der Waals surface area contributed by atoms with Gasteiger partial charge >= 0.3 is 6.36 Å². The first-order valence-corrected chi connectivity index (χ1v) is 7.20. The summed E-state index contributed by atoms with van der Waals surface area (Å²) in [4.78, 5) is 8.34. The van der Waals surface area contributed by atoms with Crippen LogP contribution in [-0.2, 0) is 0 Å². The van der Waals surface area contributed by atoms with Crippen molar-refractivity contribution in [1.82, 2.24) is 20.3 Å². The third-order valence-electron chi connectivity index (χ3n) is 2.83. The highest BCUT2D eigenvalue weighted by molar-refractivity contribution is 5.81. The third-order valence-corrected chi connectivity index (χ3v) is 2.83. The number of ether oxygens (including phenoxy) is 1. The molecule has 0 aliphatic heterocycles. The highest BCUT2D eigenvalue weighted by Crippen LogP contribution is 2.28. The molecule has 9 nitrogen and oxygen atoms in total. The van der Waals surface area contributed by atoms with Crippen LogP contribution in [0, 0.1) is 0 Å². The Kier molecular flexibility index (Phi) is 4.56. The molecule has 0 radical (unpaired) electrons. The van der Waals surface area contributed by atoms with Crippen molar-refractivity contribution in [3.8, 4) is 5.75 Å². The van der Waals surface area contributed by atoms with Crippen molar-refractivity contribution in [2.45, 2.75) is 20.2 Å². The summed E-state index contributed by atoms with van der Waals surface area (Å²) in [6.07, 6.45) is -4.79. The topological polar surface area (TPSA) is 110 Å². The monoisotopic (exact) mass is 367 g/mol. The van der Waals surface area contributed by atoms with Crippen molar-refractivity contribution in [2.24, 2.45) is 5.10 Å². The summed E-state index contributed by atoms with van der Waals surface area (Å²) in [6, 6.07) is 5.28. The Balaban J connectivity index is 1.93. The van der Waals surface area contributed by atoms with Crippen LogP contribution in [0.4, 0.5) is 30.5 Å². The molecule has 1 aromatic carbocycles. The molecule has 0 aliphatic carbocycles. The molecule has 0 bridgehead atoms. The van der Waals surface area contributed by atoms with Gasteiger partial charge in [0, 0.05) is 17.5 Å². The second kappa shape index (κ2) is 6.82. The fraction of sp³-hybridized carbons (Fsp3) is 0.214. The van der Waals surface area contributed by atoms with E-state index in [-0.39, 0.29) is 34.4 Å². The van der Waals surface area contributed by atoms with E-state index in [1.165, 1.54) is 24.3 Å². The third kappa shape index (κ3) is 4.34. The number of nitrogens with one attached hydrogen (secondary N) is 2. The van der Waals surface area contributed by atoms with E-state index in [0.29, 0.717) is 0 Å². The van der Waals surface area contributed by atoms with Crippen LogP contribution >= 0.6 is 0 Å². The zero-order valence-electron chi connectivity index (χ0n) is 13.5. The van der Waals surface area contributed by atoms with E-state index in [1.807, 2.05) is 0 Å². The lowest BCUT2D eigenvalue weighted by atomic mass is 10.3. The highest BCUT2D eigenvalue weighted by Gasteiger charge is 2.31. The van der Waals surface area contributed by atoms with Gasteiger partial charge < -0.3 is 10.1 Å². The molecular weight excluding hydrogens is 355 g/mol. The highest BCUT2D eigenvalue weighted by atomic mass is 19.4. The number of hydrogen-bond acceptors (Lipinski definition) is 9. The maximum Gasteiger partial charge on any atom is 0.573 e. The number of alkyl halides is 3. The largest absolute Gasteiger partial charge is 0.573 e. The first-order valence-electron chi connectivity index (χ1n) is 7.20. The number of fused-ring (bicyclic) bond motifs is 1. The molecule has 2 aromatic heterocycles. The Bertz CT molecular complexity index is 951. The molecule has 2 N–H and O–H groups in total. The maximum absolute atomic E-state index is 12.4. The van der Waals surface area contributed by atoms with E-state index < -0.39 is 6.36 Å². The lowest BCUT2D eigenvalue weighted by Gasteiger charge is -2.12. The van der Waals surface area contributed by atoms with Gasteiger partial charge in [-0.1, -0.05) is 6.07 Å². The zero-order chi connectivity index (χ0) is 18.7. The lowest BCUT2D eigenvalue weighted by Crippen LogP contribution is -2.17. The Morgan fingerprint density at radius 2 is 1.81 bits per heavy atom. The van der Waals surface area contributed by atoms with Gasteiger partial charge in [0.1, 0.15) is 5.75 Å². The van der Waals surface area contributed by atoms with Gasteiger partial charge in [-0.15, -0.1) is 13.2 Å². The second-order valence-corrected chi connectivity index (χ2v) is 5.20. The number of nitrogens with zero attached hydrogens (tertiary/aromatic N) is 5. The van der Waals surface area contributed by atoms with Crippen LogP contribution in [0.2, 0.25) is 0 Å². The SMILES string of the molecule is CC(C)=NNc1nc2nonc2nc1Nc1cccc(OC(F)(F)F)c1. The minimum Gasteiger partial charge on any atom is -0.406 e. The number of anilines is 3. The Morgan fingerprint density at radius 1 is 1.12 bits per heavy atom. The Labute approximate surface area is 144 Å². The maximum atomic E-state index is 12.4. The van der Waals surface area contributed by atoms with Crippen LogP contribution in [0.5, 0.6) is 5.75 Å². The number of rotatable bonds is 5. The summed E-state index contributed by atoms with van der Waals surface area (Å²) in [6.45, 7) is 3.53. The van der Waals surface area contributed by atoms with Crippen LogP contribution in [0.3, 0.4) is 0 Å². The van der Waals surface area contributed by atoms with Gasteiger partial charge in [-0.25, -0.2) is 9.61 Å². The molecule has 0 spiro atoms. The standard InChI is InChI=1S/C14H12F3N7O2/c1-7(2)21-22-11-10(19-12-13(20-11)24-26-23-12)18-8-4-3-5-9(6-8)25-14(15,16)17/h3-6H,1-2H3,(H,18,19,23)(H,20,22,24). The molecule has 0 atom stereocenters. The summed E-state index contributed by atoms with van der Waals surface area (Å²) < 4.78 is 45.6. The minimum absolute atomic E-state index is 0.123. The number of aromatic nitrogens is 4. The predicted octanol–water partition coefficient (Wildman–Crippen LogP) is 3.46. The van der Waals surface area contributed by atoms with Crippen LogP contribution < -0.4 is 15.5 Å². The van der Waals surface area contributed by atoms with Gasteiger partial charge in [0.25, 0.3) is 0 Å². The Hall–Kier alpha value is -3.44. The van der Waals surface area contributed by atoms with Crippen molar-refractivity contribution >= 4 is 34.3 Å². The predicted molar refractivity (Wildman–Crippen MR) is 86.2 cm³/mol. The van der Waals surface area contributed by atoms with Crippen molar-refractivity contribution in [3.05, 3.63) is 24.3 Å². The molecule has 2 heterocycles. The van der Waals surface area contributed by atoms with E-state index in [1.54, 1.807) is 13.8 Å². The van der Waals surface area contributed by atoms with Gasteiger partial charge in [-0.05, 0) is 36.3 Å². The molecular formula is C14H12F3N7O2. The zero-order valence-corrected chi connectivity index (χ0v) is 13.5. The summed E-state index contributed by atoms with van der Waals surface area (Å²) in [5.41, 5.74) is 3.98. The molecule has 0 saturated carbocycles. The summed E-state index contributed by atoms with van der Waals surface area (Å²) in [7, 11) is 0. The average Bonchev–Trinajstić information content (AvgIpc) is 2.98. The van der Waals surface area contributed by atoms with Crippen molar-refractivity contribution in [1.29, 1.82) is 0 Å². The first kappa shape index (κ1) is 17.4. The Morgan fingerprint density at radius 3 is 2.46 bits per heavy atom. The summed E-state index contributed by atoms with van der Waals surface area (Å²) >= 11 is 0. The minimum atomic E-state index is -4.79. The van der Waals surface area contributed by atoms with E-state index in [4.69, 9.17) is 0 Å². The first-order chi connectivity index (χ1) is 12.3. The van der Waals surface area contributed by atoms with Gasteiger partial charge in [0.2, 0.25) is 11.3 Å². The number of halogens is 3. The van der Waals surface area contributed by atoms with Crippen molar-refractivity contribution in [3.63, 3.8) is 0 Å². The quantitative estimate of drug-likeness (QED) is 0.521. The van der Waals surface area contributed by atoms with E-state index in [9.17, 15) is 13.2 Å².